The van der Waals surface area contributed by atoms with Gasteiger partial charge in [-0.05, 0) is 13.8 Å². The molecule has 0 aromatic heterocycles. The first-order valence-electron chi connectivity index (χ1n) is 3.30. The Morgan fingerprint density at radius 3 is 1.40 bits per heavy atom. The van der Waals surface area contributed by atoms with Gasteiger partial charge in [-0.3, -0.25) is 0 Å². The Hall–Kier alpha value is -1.04. The monoisotopic (exact) mass is 134 g/mol. The molecule has 0 bridgehead atoms. The summed E-state index contributed by atoms with van der Waals surface area (Å²) >= 11 is 0. The molecule has 0 amide bonds. The molecule has 0 aromatic rings. The van der Waals surface area contributed by atoms with E-state index in [2.05, 4.69) is 13.2 Å². The van der Waals surface area contributed by atoms with Gasteiger partial charge in [-0.2, -0.15) is 0 Å². The topological polar surface area (TPSA) is 0 Å². The van der Waals surface area contributed by atoms with Crippen molar-refractivity contribution in [2.24, 2.45) is 0 Å². The van der Waals surface area contributed by atoms with Crippen LogP contribution in [-0.4, -0.2) is 0 Å². The van der Waals surface area contributed by atoms with Crippen molar-refractivity contribution in [1.29, 1.82) is 0 Å². The Labute approximate surface area is 63.3 Å². The standard InChI is InChI=1S/C10H14/c1-5-9(3)7-8-10(4)6-2/h5-8H,1-2H2,3-4H3. The van der Waals surface area contributed by atoms with Crippen molar-refractivity contribution in [2.45, 2.75) is 13.8 Å². The third-order valence-electron chi connectivity index (χ3n) is 1.25. The predicted octanol–water partition coefficient (Wildman–Crippen LogP) is 3.25. The summed E-state index contributed by atoms with van der Waals surface area (Å²) in [4.78, 5) is 0. The lowest BCUT2D eigenvalue weighted by Crippen LogP contribution is -1.66. The average molecular weight is 134 g/mol. The largest absolute Gasteiger partial charge is 0.0988 e. The molecule has 0 rings (SSSR count). The molecule has 0 radical (unpaired) electrons. The number of hydrogen-bond acceptors (Lipinski definition) is 0. The summed E-state index contributed by atoms with van der Waals surface area (Å²) in [5.41, 5.74) is 2.34. The maximum atomic E-state index is 3.64. The van der Waals surface area contributed by atoms with Gasteiger partial charge in [0.1, 0.15) is 0 Å². The highest BCUT2D eigenvalue weighted by molar-refractivity contribution is 5.25. The van der Waals surface area contributed by atoms with Crippen molar-refractivity contribution in [3.05, 3.63) is 48.6 Å². The molecule has 0 unspecified atom stereocenters. The van der Waals surface area contributed by atoms with Crippen LogP contribution in [-0.2, 0) is 0 Å². The summed E-state index contributed by atoms with van der Waals surface area (Å²) < 4.78 is 0. The molecule has 0 aliphatic heterocycles. The van der Waals surface area contributed by atoms with Crippen LogP contribution in [0.4, 0.5) is 0 Å². The zero-order chi connectivity index (χ0) is 7.98. The number of allylic oxidation sites excluding steroid dienone is 6. The van der Waals surface area contributed by atoms with Crippen LogP contribution in [0.5, 0.6) is 0 Å². The summed E-state index contributed by atoms with van der Waals surface area (Å²) in [6.45, 7) is 11.3. The summed E-state index contributed by atoms with van der Waals surface area (Å²) in [7, 11) is 0. The van der Waals surface area contributed by atoms with Gasteiger partial charge in [-0.1, -0.05) is 48.6 Å². The van der Waals surface area contributed by atoms with E-state index >= 15 is 0 Å². The highest BCUT2D eigenvalue weighted by atomic mass is 13.8. The molecule has 54 valence electrons. The first-order valence-corrected chi connectivity index (χ1v) is 3.30. The maximum absolute atomic E-state index is 3.64. The minimum Gasteiger partial charge on any atom is -0.0988 e. The van der Waals surface area contributed by atoms with Crippen LogP contribution in [0.25, 0.3) is 0 Å². The van der Waals surface area contributed by atoms with Crippen LogP contribution in [0.2, 0.25) is 0 Å². The van der Waals surface area contributed by atoms with E-state index in [0.29, 0.717) is 0 Å². The molecule has 10 heavy (non-hydrogen) atoms. The quantitative estimate of drug-likeness (QED) is 0.520. The number of rotatable bonds is 3. The Bertz CT molecular complexity index is 158. The molecule has 0 heterocycles. The van der Waals surface area contributed by atoms with Gasteiger partial charge in [0.05, 0.1) is 0 Å². The second-order valence-electron chi connectivity index (χ2n) is 2.23. The van der Waals surface area contributed by atoms with E-state index in [4.69, 9.17) is 0 Å². The summed E-state index contributed by atoms with van der Waals surface area (Å²) in [5, 5.41) is 0. The van der Waals surface area contributed by atoms with Crippen LogP contribution in [0.1, 0.15) is 13.8 Å². The Morgan fingerprint density at radius 2 is 1.20 bits per heavy atom. The van der Waals surface area contributed by atoms with Crippen LogP contribution >= 0.6 is 0 Å². The molecule has 0 aromatic carbocycles. The fourth-order valence-corrected chi connectivity index (χ4v) is 0.399. The lowest BCUT2D eigenvalue weighted by atomic mass is 10.2. The van der Waals surface area contributed by atoms with E-state index in [1.54, 1.807) is 0 Å². The minimum atomic E-state index is 1.17. The van der Waals surface area contributed by atoms with E-state index in [-0.39, 0.29) is 0 Å². The van der Waals surface area contributed by atoms with E-state index in [1.807, 2.05) is 38.2 Å². The van der Waals surface area contributed by atoms with Gasteiger partial charge in [0.15, 0.2) is 0 Å². The van der Waals surface area contributed by atoms with Gasteiger partial charge in [0, 0.05) is 0 Å². The van der Waals surface area contributed by atoms with Crippen molar-refractivity contribution in [3.63, 3.8) is 0 Å². The molecule has 0 nitrogen and oxygen atoms in total. The third-order valence-corrected chi connectivity index (χ3v) is 1.25. The van der Waals surface area contributed by atoms with E-state index < -0.39 is 0 Å². The molecule has 0 fully saturated rings. The second-order valence-corrected chi connectivity index (χ2v) is 2.23. The van der Waals surface area contributed by atoms with Crippen LogP contribution in [0.15, 0.2) is 48.6 Å². The van der Waals surface area contributed by atoms with E-state index in [0.717, 1.165) is 0 Å². The zero-order valence-electron chi connectivity index (χ0n) is 6.72. The highest BCUT2D eigenvalue weighted by Crippen LogP contribution is 1.97. The second kappa shape index (κ2) is 4.80. The van der Waals surface area contributed by atoms with Gasteiger partial charge in [-0.25, -0.2) is 0 Å². The smallest absolute Gasteiger partial charge is 0.0398 e. The van der Waals surface area contributed by atoms with Crippen molar-refractivity contribution in [1.82, 2.24) is 0 Å². The normalized spacial score (nSPS) is 13.0. The molecule has 0 N–H and O–H groups in total. The molecule has 0 atom stereocenters. The summed E-state index contributed by atoms with van der Waals surface area (Å²) in [5.74, 6) is 0. The van der Waals surface area contributed by atoms with E-state index in [1.165, 1.54) is 11.1 Å². The van der Waals surface area contributed by atoms with Gasteiger partial charge >= 0.3 is 0 Å². The van der Waals surface area contributed by atoms with Crippen LogP contribution < -0.4 is 0 Å². The highest BCUT2D eigenvalue weighted by Gasteiger charge is 1.76. The molecule has 0 aliphatic carbocycles. The van der Waals surface area contributed by atoms with Crippen molar-refractivity contribution in [3.8, 4) is 0 Å². The summed E-state index contributed by atoms with van der Waals surface area (Å²) in [6, 6.07) is 0. The predicted molar refractivity (Wildman–Crippen MR) is 47.9 cm³/mol. The Morgan fingerprint density at radius 1 is 0.900 bits per heavy atom. The van der Waals surface area contributed by atoms with Crippen molar-refractivity contribution >= 4 is 0 Å². The van der Waals surface area contributed by atoms with Gasteiger partial charge in [0.25, 0.3) is 0 Å². The Balaban J connectivity index is 4.16. The fraction of sp³-hybridized carbons (Fsp3) is 0.200. The van der Waals surface area contributed by atoms with Crippen LogP contribution in [0, 0.1) is 0 Å². The Kier molecular flexibility index (Phi) is 4.30. The van der Waals surface area contributed by atoms with Gasteiger partial charge in [0.2, 0.25) is 0 Å². The molecular formula is C10H14. The molecular weight excluding hydrogens is 120 g/mol. The maximum Gasteiger partial charge on any atom is -0.0398 e. The molecule has 0 spiro atoms. The lowest BCUT2D eigenvalue weighted by molar-refractivity contribution is 1.49. The first-order chi connectivity index (χ1) is 4.70. The average Bonchev–Trinajstić information content (AvgIpc) is 1.99. The number of hydrogen-bond donors (Lipinski definition) is 0. The minimum absolute atomic E-state index is 1.17. The molecule has 0 aliphatic rings. The summed E-state index contributed by atoms with van der Waals surface area (Å²) in [6.07, 6.45) is 7.69. The first kappa shape index (κ1) is 8.96. The van der Waals surface area contributed by atoms with Crippen molar-refractivity contribution < 1.29 is 0 Å². The van der Waals surface area contributed by atoms with Gasteiger partial charge in [-0.15, -0.1) is 0 Å². The lowest BCUT2D eigenvalue weighted by Gasteiger charge is -1.87. The van der Waals surface area contributed by atoms with E-state index in [9.17, 15) is 0 Å². The SMILES string of the molecule is C=CC(C)=CC=C(C)C=C. The van der Waals surface area contributed by atoms with Gasteiger partial charge < -0.3 is 0 Å². The molecule has 0 saturated carbocycles. The zero-order valence-corrected chi connectivity index (χ0v) is 6.72. The van der Waals surface area contributed by atoms with Crippen LogP contribution in [0.3, 0.4) is 0 Å². The fourth-order valence-electron chi connectivity index (χ4n) is 0.399. The molecule has 0 saturated heterocycles. The molecule has 0 heteroatoms. The third kappa shape index (κ3) is 3.90. The van der Waals surface area contributed by atoms with Crippen molar-refractivity contribution in [2.75, 3.05) is 0 Å².